The van der Waals surface area contributed by atoms with E-state index in [0.29, 0.717) is 18.3 Å². The molecule has 1 saturated heterocycles. The van der Waals surface area contributed by atoms with E-state index in [-0.39, 0.29) is 10.6 Å². The lowest BCUT2D eigenvalue weighted by molar-refractivity contribution is 0.428. The minimum atomic E-state index is -0.221. The SMILES string of the molecule is CCn1ncc(N(C)C2CNC2)c(Cl)c1=O. The molecule has 16 heavy (non-hydrogen) atoms. The molecule has 0 unspecified atom stereocenters. The minimum Gasteiger partial charge on any atom is -0.366 e. The van der Waals surface area contributed by atoms with Gasteiger partial charge in [-0.15, -0.1) is 0 Å². The van der Waals surface area contributed by atoms with Gasteiger partial charge in [0.15, 0.2) is 0 Å². The van der Waals surface area contributed by atoms with Crippen molar-refractivity contribution in [2.24, 2.45) is 0 Å². The van der Waals surface area contributed by atoms with Gasteiger partial charge in [-0.05, 0) is 6.92 Å². The normalized spacial score (nSPS) is 15.9. The van der Waals surface area contributed by atoms with E-state index >= 15 is 0 Å². The highest BCUT2D eigenvalue weighted by Crippen LogP contribution is 2.22. The Labute approximate surface area is 99.0 Å². The lowest BCUT2D eigenvalue weighted by Gasteiger charge is -2.37. The van der Waals surface area contributed by atoms with Crippen molar-refractivity contribution in [3.8, 4) is 0 Å². The molecule has 1 fully saturated rings. The van der Waals surface area contributed by atoms with Crippen LogP contribution in [0.25, 0.3) is 0 Å². The average molecular weight is 243 g/mol. The fourth-order valence-corrected chi connectivity index (χ4v) is 1.95. The topological polar surface area (TPSA) is 50.2 Å². The van der Waals surface area contributed by atoms with E-state index in [1.54, 1.807) is 6.20 Å². The summed E-state index contributed by atoms with van der Waals surface area (Å²) in [6.45, 7) is 4.24. The Kier molecular flexibility index (Phi) is 3.16. The number of hydrogen-bond donors (Lipinski definition) is 1. The number of rotatable bonds is 3. The zero-order valence-electron chi connectivity index (χ0n) is 9.40. The third-order valence-electron chi connectivity index (χ3n) is 2.95. The monoisotopic (exact) mass is 242 g/mol. The molecule has 1 aromatic rings. The maximum absolute atomic E-state index is 11.8. The van der Waals surface area contributed by atoms with Crippen molar-refractivity contribution < 1.29 is 0 Å². The highest BCUT2D eigenvalue weighted by atomic mass is 35.5. The van der Waals surface area contributed by atoms with Crippen LogP contribution in [0.2, 0.25) is 5.02 Å². The number of halogens is 1. The predicted octanol–water partition coefficient (Wildman–Crippen LogP) is 0.325. The second kappa shape index (κ2) is 4.43. The average Bonchev–Trinajstić information content (AvgIpc) is 2.19. The van der Waals surface area contributed by atoms with Crippen LogP contribution in [0.15, 0.2) is 11.0 Å². The van der Waals surface area contributed by atoms with Crippen molar-refractivity contribution in [3.63, 3.8) is 0 Å². The van der Waals surface area contributed by atoms with Crippen molar-refractivity contribution in [2.45, 2.75) is 19.5 Å². The van der Waals surface area contributed by atoms with Gasteiger partial charge in [-0.25, -0.2) is 4.68 Å². The van der Waals surface area contributed by atoms with Crippen LogP contribution >= 0.6 is 11.6 Å². The fraction of sp³-hybridized carbons (Fsp3) is 0.600. The maximum Gasteiger partial charge on any atom is 0.287 e. The third kappa shape index (κ3) is 1.81. The van der Waals surface area contributed by atoms with Crippen LogP contribution < -0.4 is 15.8 Å². The molecule has 2 heterocycles. The second-order valence-electron chi connectivity index (χ2n) is 3.89. The molecule has 0 bridgehead atoms. The van der Waals surface area contributed by atoms with Crippen molar-refractivity contribution >= 4 is 17.3 Å². The molecule has 0 radical (unpaired) electrons. The van der Waals surface area contributed by atoms with Crippen LogP contribution in [0.4, 0.5) is 5.69 Å². The summed E-state index contributed by atoms with van der Waals surface area (Å²) in [5.74, 6) is 0. The maximum atomic E-state index is 11.8. The summed E-state index contributed by atoms with van der Waals surface area (Å²) in [6, 6.07) is 0.399. The van der Waals surface area contributed by atoms with Crippen LogP contribution in [0.1, 0.15) is 6.92 Å². The molecule has 0 atom stereocenters. The van der Waals surface area contributed by atoms with Crippen LogP contribution in [-0.2, 0) is 6.54 Å². The molecule has 1 aliphatic heterocycles. The van der Waals surface area contributed by atoms with E-state index < -0.39 is 0 Å². The summed E-state index contributed by atoms with van der Waals surface area (Å²) < 4.78 is 1.36. The zero-order chi connectivity index (χ0) is 11.7. The van der Waals surface area contributed by atoms with Crippen LogP contribution in [0.5, 0.6) is 0 Å². The van der Waals surface area contributed by atoms with Crippen LogP contribution in [-0.4, -0.2) is 36.0 Å². The molecule has 5 nitrogen and oxygen atoms in total. The summed E-state index contributed by atoms with van der Waals surface area (Å²) in [6.07, 6.45) is 1.66. The fourth-order valence-electron chi connectivity index (χ4n) is 1.67. The number of nitrogens with one attached hydrogen (secondary N) is 1. The molecule has 0 aromatic carbocycles. The number of anilines is 1. The van der Waals surface area contributed by atoms with Gasteiger partial charge >= 0.3 is 0 Å². The van der Waals surface area contributed by atoms with E-state index in [1.165, 1.54) is 4.68 Å². The van der Waals surface area contributed by atoms with Crippen LogP contribution in [0, 0.1) is 0 Å². The van der Waals surface area contributed by atoms with E-state index in [4.69, 9.17) is 11.6 Å². The zero-order valence-corrected chi connectivity index (χ0v) is 10.2. The molecular formula is C10H15ClN4O. The quantitative estimate of drug-likeness (QED) is 0.830. The van der Waals surface area contributed by atoms with Gasteiger partial charge < -0.3 is 10.2 Å². The summed E-state index contributed by atoms with van der Waals surface area (Å²) in [5.41, 5.74) is 0.490. The molecule has 1 aliphatic rings. The van der Waals surface area contributed by atoms with E-state index in [1.807, 2.05) is 18.9 Å². The number of nitrogens with zero attached hydrogens (tertiary/aromatic N) is 3. The first-order valence-corrected chi connectivity index (χ1v) is 5.72. The Balaban J connectivity index is 2.34. The number of aryl methyl sites for hydroxylation is 1. The Hall–Kier alpha value is -1.07. The molecule has 1 aromatic heterocycles. The van der Waals surface area contributed by atoms with Gasteiger partial charge in [-0.3, -0.25) is 4.79 Å². The Morgan fingerprint density at radius 2 is 2.38 bits per heavy atom. The first kappa shape index (κ1) is 11.4. The number of hydrogen-bond acceptors (Lipinski definition) is 4. The first-order valence-electron chi connectivity index (χ1n) is 5.34. The van der Waals surface area contributed by atoms with Crippen molar-refractivity contribution in [2.75, 3.05) is 25.0 Å². The molecule has 88 valence electrons. The van der Waals surface area contributed by atoms with E-state index in [0.717, 1.165) is 13.1 Å². The largest absolute Gasteiger partial charge is 0.366 e. The summed E-state index contributed by atoms with van der Waals surface area (Å²) in [5, 5.41) is 7.51. The smallest absolute Gasteiger partial charge is 0.287 e. The van der Waals surface area contributed by atoms with Gasteiger partial charge in [0, 0.05) is 26.7 Å². The number of likely N-dealkylation sites (N-methyl/N-ethyl adjacent to an activating group) is 1. The summed E-state index contributed by atoms with van der Waals surface area (Å²) >= 11 is 6.06. The van der Waals surface area contributed by atoms with Crippen LogP contribution in [0.3, 0.4) is 0 Å². The molecule has 0 spiro atoms. The van der Waals surface area contributed by atoms with Gasteiger partial charge in [0.2, 0.25) is 0 Å². The van der Waals surface area contributed by atoms with Crippen molar-refractivity contribution in [3.05, 3.63) is 21.6 Å². The Morgan fingerprint density at radius 1 is 1.69 bits per heavy atom. The molecule has 0 aliphatic carbocycles. The first-order chi connectivity index (χ1) is 7.65. The van der Waals surface area contributed by atoms with E-state index in [2.05, 4.69) is 10.4 Å². The Morgan fingerprint density at radius 3 is 2.88 bits per heavy atom. The standard InChI is InChI=1S/C10H15ClN4O/c1-3-15-10(16)9(11)8(6-13-15)14(2)7-4-12-5-7/h6-7,12H,3-5H2,1-2H3. The summed E-state index contributed by atoms with van der Waals surface area (Å²) in [7, 11) is 1.93. The van der Waals surface area contributed by atoms with Gasteiger partial charge in [0.25, 0.3) is 5.56 Å². The van der Waals surface area contributed by atoms with Crippen molar-refractivity contribution in [1.82, 2.24) is 15.1 Å². The molecule has 0 amide bonds. The lowest BCUT2D eigenvalue weighted by Crippen LogP contribution is -2.56. The lowest BCUT2D eigenvalue weighted by atomic mass is 10.1. The van der Waals surface area contributed by atoms with E-state index in [9.17, 15) is 4.79 Å². The number of aromatic nitrogens is 2. The van der Waals surface area contributed by atoms with Gasteiger partial charge in [-0.1, -0.05) is 11.6 Å². The molecule has 0 saturated carbocycles. The molecule has 1 N–H and O–H groups in total. The highest BCUT2D eigenvalue weighted by Gasteiger charge is 2.24. The minimum absolute atomic E-state index is 0.221. The van der Waals surface area contributed by atoms with Gasteiger partial charge in [0.05, 0.1) is 17.9 Å². The predicted molar refractivity (Wildman–Crippen MR) is 64.2 cm³/mol. The highest BCUT2D eigenvalue weighted by molar-refractivity contribution is 6.33. The van der Waals surface area contributed by atoms with Crippen molar-refractivity contribution in [1.29, 1.82) is 0 Å². The molecule has 6 heteroatoms. The Bertz CT molecular complexity index is 441. The van der Waals surface area contributed by atoms with Gasteiger partial charge in [-0.2, -0.15) is 5.10 Å². The van der Waals surface area contributed by atoms with Gasteiger partial charge in [0.1, 0.15) is 5.02 Å². The molecule has 2 rings (SSSR count). The summed E-state index contributed by atoms with van der Waals surface area (Å²) in [4.78, 5) is 13.8. The molecular weight excluding hydrogens is 228 g/mol. The third-order valence-corrected chi connectivity index (χ3v) is 3.31. The second-order valence-corrected chi connectivity index (χ2v) is 4.27.